The van der Waals surface area contributed by atoms with Crippen molar-refractivity contribution in [1.82, 2.24) is 5.32 Å². The van der Waals surface area contributed by atoms with E-state index in [0.29, 0.717) is 18.5 Å². The molecule has 0 aliphatic heterocycles. The average Bonchev–Trinajstić information content (AvgIpc) is 2.23. The first-order valence-electron chi connectivity index (χ1n) is 5.99. The van der Waals surface area contributed by atoms with Crippen LogP contribution >= 0.6 is 11.6 Å². The molecule has 0 atom stereocenters. The number of ketones is 1. The molecule has 1 aromatic rings. The zero-order valence-corrected chi connectivity index (χ0v) is 11.8. The Morgan fingerprint density at radius 1 is 1.39 bits per heavy atom. The summed E-state index contributed by atoms with van der Waals surface area (Å²) in [5.41, 5.74) is 0.352. The Morgan fingerprint density at radius 2 is 2.06 bits per heavy atom. The van der Waals surface area contributed by atoms with Crippen LogP contribution in [0.2, 0.25) is 5.02 Å². The zero-order valence-electron chi connectivity index (χ0n) is 11.0. The van der Waals surface area contributed by atoms with Gasteiger partial charge in [0.1, 0.15) is 11.6 Å². The van der Waals surface area contributed by atoms with E-state index in [9.17, 15) is 9.18 Å². The molecular weight excluding hydrogens is 253 g/mol. The summed E-state index contributed by atoms with van der Waals surface area (Å²) in [6, 6.07) is 4.73. The predicted molar refractivity (Wildman–Crippen MR) is 72.5 cm³/mol. The summed E-state index contributed by atoms with van der Waals surface area (Å²) in [6.45, 7) is 6.71. The van der Waals surface area contributed by atoms with Crippen molar-refractivity contribution in [2.24, 2.45) is 0 Å². The largest absolute Gasteiger partial charge is 0.312 e. The van der Waals surface area contributed by atoms with Crippen LogP contribution in [-0.4, -0.2) is 17.9 Å². The minimum atomic E-state index is -0.490. The number of hydrogen-bond donors (Lipinski definition) is 1. The average molecular weight is 272 g/mol. The van der Waals surface area contributed by atoms with Crippen molar-refractivity contribution in [3.63, 3.8) is 0 Å². The Kier molecular flexibility index (Phi) is 5.29. The third-order valence-electron chi connectivity index (χ3n) is 2.48. The molecule has 0 spiro atoms. The molecule has 4 heteroatoms. The fourth-order valence-electron chi connectivity index (χ4n) is 1.56. The van der Waals surface area contributed by atoms with Crippen molar-refractivity contribution in [2.45, 2.75) is 39.2 Å². The molecule has 0 saturated carbocycles. The topological polar surface area (TPSA) is 29.1 Å². The van der Waals surface area contributed by atoms with Crippen molar-refractivity contribution in [1.29, 1.82) is 0 Å². The highest BCUT2D eigenvalue weighted by atomic mass is 35.5. The maximum absolute atomic E-state index is 13.6. The maximum atomic E-state index is 13.6. The minimum absolute atomic E-state index is 0.00733. The lowest BCUT2D eigenvalue weighted by atomic mass is 10.1. The number of carbonyl (C=O) groups excluding carboxylic acids is 1. The van der Waals surface area contributed by atoms with Crippen LogP contribution in [0.3, 0.4) is 0 Å². The molecule has 0 aliphatic rings. The smallest absolute Gasteiger partial charge is 0.145 e. The summed E-state index contributed by atoms with van der Waals surface area (Å²) in [5.74, 6) is -0.482. The van der Waals surface area contributed by atoms with Crippen LogP contribution in [0, 0.1) is 5.82 Å². The van der Waals surface area contributed by atoms with Crippen LogP contribution in [0.4, 0.5) is 4.39 Å². The lowest BCUT2D eigenvalue weighted by Gasteiger charge is -2.20. The van der Waals surface area contributed by atoms with E-state index in [2.05, 4.69) is 5.32 Å². The summed E-state index contributed by atoms with van der Waals surface area (Å²) in [5, 5.41) is 3.29. The number of hydrogen-bond acceptors (Lipinski definition) is 2. The van der Waals surface area contributed by atoms with E-state index in [1.165, 1.54) is 6.07 Å². The van der Waals surface area contributed by atoms with Gasteiger partial charge in [0.15, 0.2) is 0 Å². The van der Waals surface area contributed by atoms with E-state index in [1.807, 2.05) is 20.8 Å². The molecule has 0 unspecified atom stereocenters. The van der Waals surface area contributed by atoms with Crippen LogP contribution in [0.25, 0.3) is 0 Å². The molecule has 0 amide bonds. The first kappa shape index (κ1) is 15.1. The van der Waals surface area contributed by atoms with Crippen molar-refractivity contribution in [2.75, 3.05) is 6.54 Å². The van der Waals surface area contributed by atoms with E-state index in [-0.39, 0.29) is 22.8 Å². The number of carbonyl (C=O) groups is 1. The van der Waals surface area contributed by atoms with Crippen molar-refractivity contribution in [3.05, 3.63) is 34.6 Å². The molecule has 0 bridgehead atoms. The number of benzene rings is 1. The third kappa shape index (κ3) is 5.15. The number of nitrogens with one attached hydrogen (secondary N) is 1. The fourth-order valence-corrected chi connectivity index (χ4v) is 1.76. The highest BCUT2D eigenvalue weighted by Gasteiger charge is 2.12. The maximum Gasteiger partial charge on any atom is 0.145 e. The number of rotatable bonds is 5. The normalized spacial score (nSPS) is 11.6. The highest BCUT2D eigenvalue weighted by Crippen LogP contribution is 2.18. The molecule has 0 fully saturated rings. The van der Waals surface area contributed by atoms with E-state index in [0.717, 1.165) is 0 Å². The SMILES string of the molecule is CC(C)(C)NCCC(=O)Cc1cccc(Cl)c1F. The van der Waals surface area contributed by atoms with Gasteiger partial charge in [0, 0.05) is 24.9 Å². The van der Waals surface area contributed by atoms with Gasteiger partial charge in [0.2, 0.25) is 0 Å². The molecule has 18 heavy (non-hydrogen) atoms. The lowest BCUT2D eigenvalue weighted by Crippen LogP contribution is -2.37. The van der Waals surface area contributed by atoms with Gasteiger partial charge in [-0.25, -0.2) is 4.39 Å². The quantitative estimate of drug-likeness (QED) is 0.890. The molecule has 0 aromatic heterocycles. The zero-order chi connectivity index (χ0) is 13.8. The Hall–Kier alpha value is -0.930. The molecule has 0 heterocycles. The van der Waals surface area contributed by atoms with Crippen LogP contribution < -0.4 is 5.32 Å². The van der Waals surface area contributed by atoms with E-state index >= 15 is 0 Å². The summed E-state index contributed by atoms with van der Waals surface area (Å²) >= 11 is 5.66. The van der Waals surface area contributed by atoms with Gasteiger partial charge in [0.05, 0.1) is 5.02 Å². The Bertz CT molecular complexity index is 426. The second-order valence-electron chi connectivity index (χ2n) is 5.36. The van der Waals surface area contributed by atoms with Gasteiger partial charge in [-0.2, -0.15) is 0 Å². The monoisotopic (exact) mass is 271 g/mol. The Balaban J connectivity index is 2.48. The van der Waals surface area contributed by atoms with Crippen LogP contribution in [0.5, 0.6) is 0 Å². The molecule has 1 aromatic carbocycles. The second-order valence-corrected chi connectivity index (χ2v) is 5.76. The third-order valence-corrected chi connectivity index (χ3v) is 2.77. The highest BCUT2D eigenvalue weighted by molar-refractivity contribution is 6.30. The van der Waals surface area contributed by atoms with Gasteiger partial charge in [-0.05, 0) is 32.4 Å². The van der Waals surface area contributed by atoms with Gasteiger partial charge in [0.25, 0.3) is 0 Å². The second kappa shape index (κ2) is 6.30. The molecule has 1 rings (SSSR count). The molecular formula is C14H19ClFNO. The molecule has 2 nitrogen and oxygen atoms in total. The Morgan fingerprint density at radius 3 is 2.67 bits per heavy atom. The van der Waals surface area contributed by atoms with Crippen molar-refractivity contribution in [3.8, 4) is 0 Å². The first-order chi connectivity index (χ1) is 8.29. The number of halogens is 2. The summed E-state index contributed by atoms with van der Waals surface area (Å²) in [4.78, 5) is 11.7. The summed E-state index contributed by atoms with van der Waals surface area (Å²) in [7, 11) is 0. The van der Waals surface area contributed by atoms with Crippen molar-refractivity contribution >= 4 is 17.4 Å². The van der Waals surface area contributed by atoms with Gasteiger partial charge >= 0.3 is 0 Å². The standard InChI is InChI=1S/C14H19ClFNO/c1-14(2,3)17-8-7-11(18)9-10-5-4-6-12(15)13(10)16/h4-6,17H,7-9H2,1-3H3. The van der Waals surface area contributed by atoms with Crippen LogP contribution in [-0.2, 0) is 11.2 Å². The molecule has 1 N–H and O–H groups in total. The Labute approximate surface area is 113 Å². The number of Topliss-reactive ketones (excluding diaryl/α,β-unsaturated/α-hetero) is 1. The van der Waals surface area contributed by atoms with Crippen LogP contribution in [0.1, 0.15) is 32.8 Å². The van der Waals surface area contributed by atoms with Gasteiger partial charge in [-0.15, -0.1) is 0 Å². The molecule has 0 radical (unpaired) electrons. The van der Waals surface area contributed by atoms with Gasteiger partial charge < -0.3 is 5.32 Å². The fraction of sp³-hybridized carbons (Fsp3) is 0.500. The first-order valence-corrected chi connectivity index (χ1v) is 6.37. The predicted octanol–water partition coefficient (Wildman–Crippen LogP) is 3.37. The summed E-state index contributed by atoms with van der Waals surface area (Å²) in [6.07, 6.45) is 0.488. The molecule has 100 valence electrons. The minimum Gasteiger partial charge on any atom is -0.312 e. The van der Waals surface area contributed by atoms with Crippen LogP contribution in [0.15, 0.2) is 18.2 Å². The van der Waals surface area contributed by atoms with E-state index < -0.39 is 5.82 Å². The van der Waals surface area contributed by atoms with Gasteiger partial charge in [-0.3, -0.25) is 4.79 Å². The van der Waals surface area contributed by atoms with E-state index in [1.54, 1.807) is 12.1 Å². The summed E-state index contributed by atoms with van der Waals surface area (Å²) < 4.78 is 13.6. The van der Waals surface area contributed by atoms with Gasteiger partial charge in [-0.1, -0.05) is 23.7 Å². The lowest BCUT2D eigenvalue weighted by molar-refractivity contribution is -0.118. The van der Waals surface area contributed by atoms with E-state index in [4.69, 9.17) is 11.6 Å². The van der Waals surface area contributed by atoms with Crippen molar-refractivity contribution < 1.29 is 9.18 Å². The molecule has 0 aliphatic carbocycles. The molecule has 0 saturated heterocycles.